The second-order valence-electron chi connectivity index (χ2n) is 8.19. The van der Waals surface area contributed by atoms with E-state index in [1.54, 1.807) is 6.33 Å². The van der Waals surface area contributed by atoms with Gasteiger partial charge in [0.2, 0.25) is 0 Å². The Morgan fingerprint density at radius 2 is 2.03 bits per heavy atom. The molecule has 7 nitrogen and oxygen atoms in total. The van der Waals surface area contributed by atoms with Crippen molar-refractivity contribution in [3.05, 3.63) is 54.5 Å². The average Bonchev–Trinajstić information content (AvgIpc) is 3.35. The summed E-state index contributed by atoms with van der Waals surface area (Å²) < 4.78 is 2.20. The second-order valence-corrected chi connectivity index (χ2v) is 8.19. The van der Waals surface area contributed by atoms with Gasteiger partial charge in [-0.2, -0.15) is 0 Å². The highest BCUT2D eigenvalue weighted by atomic mass is 16.3. The quantitative estimate of drug-likeness (QED) is 0.472. The molecule has 0 amide bonds. The number of nitrogen functional groups attached to an aromatic ring is 1. The highest BCUT2D eigenvalue weighted by molar-refractivity contribution is 5.87. The predicted molar refractivity (Wildman–Crippen MR) is 119 cm³/mol. The van der Waals surface area contributed by atoms with E-state index in [1.807, 2.05) is 19.2 Å². The molecule has 1 aliphatic rings. The molecule has 1 fully saturated rings. The lowest BCUT2D eigenvalue weighted by Crippen LogP contribution is -2.13. The number of rotatable bonds is 5. The van der Waals surface area contributed by atoms with E-state index in [0.29, 0.717) is 5.82 Å². The number of nitrogens with one attached hydrogen (secondary N) is 1. The van der Waals surface area contributed by atoms with Gasteiger partial charge in [0.25, 0.3) is 0 Å². The summed E-state index contributed by atoms with van der Waals surface area (Å²) in [5, 5.41) is 16.0. The topological polar surface area (TPSA) is 102 Å². The molecular weight excluding hydrogens is 376 g/mol. The fraction of sp³-hybridized carbons (Fsp3) is 0.348. The van der Waals surface area contributed by atoms with Gasteiger partial charge in [0.05, 0.1) is 17.0 Å². The maximum atomic E-state index is 10.7. The monoisotopic (exact) mass is 402 g/mol. The molecule has 0 radical (unpaired) electrons. The Balaban J connectivity index is 1.31. The number of anilines is 2. The summed E-state index contributed by atoms with van der Waals surface area (Å²) >= 11 is 0. The number of hydrogen-bond acceptors (Lipinski definition) is 6. The number of nitrogens with two attached hydrogens (primary N) is 1. The van der Waals surface area contributed by atoms with Gasteiger partial charge >= 0.3 is 0 Å². The molecule has 1 saturated carbocycles. The van der Waals surface area contributed by atoms with Crippen LogP contribution in [0.25, 0.3) is 21.9 Å². The van der Waals surface area contributed by atoms with Crippen molar-refractivity contribution in [2.75, 3.05) is 18.1 Å². The molecule has 1 aromatic carbocycles. The normalized spacial score (nSPS) is 21.5. The smallest absolute Gasteiger partial charge is 0.145 e. The molecule has 0 aliphatic heterocycles. The van der Waals surface area contributed by atoms with E-state index in [1.165, 1.54) is 5.56 Å². The van der Waals surface area contributed by atoms with Crippen molar-refractivity contribution >= 4 is 33.6 Å². The van der Waals surface area contributed by atoms with Crippen molar-refractivity contribution in [1.82, 2.24) is 19.5 Å². The molecule has 1 aliphatic carbocycles. The predicted octanol–water partition coefficient (Wildman–Crippen LogP) is 3.55. The molecule has 30 heavy (non-hydrogen) atoms. The van der Waals surface area contributed by atoms with Crippen LogP contribution in [-0.4, -0.2) is 37.8 Å². The lowest BCUT2D eigenvalue weighted by atomic mass is 9.96. The maximum absolute atomic E-state index is 10.7. The zero-order valence-electron chi connectivity index (χ0n) is 17.0. The van der Waals surface area contributed by atoms with E-state index in [2.05, 4.69) is 55.3 Å². The minimum absolute atomic E-state index is 0.250. The van der Waals surface area contributed by atoms with Gasteiger partial charge in [-0.1, -0.05) is 12.1 Å². The van der Waals surface area contributed by atoms with Gasteiger partial charge in [0.15, 0.2) is 0 Å². The van der Waals surface area contributed by atoms with Gasteiger partial charge in [-0.3, -0.25) is 0 Å². The number of hydrogen-bond donors (Lipinski definition) is 3. The third-order valence-corrected chi connectivity index (χ3v) is 6.35. The van der Waals surface area contributed by atoms with Gasteiger partial charge < -0.3 is 20.7 Å². The third kappa shape index (κ3) is 3.35. The summed E-state index contributed by atoms with van der Waals surface area (Å²) in [6.45, 7) is 0. The Labute approximate surface area is 175 Å². The summed E-state index contributed by atoms with van der Waals surface area (Å²) in [6, 6.07) is 12.5. The Morgan fingerprint density at radius 3 is 2.90 bits per heavy atom. The molecule has 0 spiro atoms. The number of aromatic nitrogens is 4. The Kier molecular flexibility index (Phi) is 4.75. The van der Waals surface area contributed by atoms with Crippen LogP contribution in [0.3, 0.4) is 0 Å². The van der Waals surface area contributed by atoms with E-state index in [0.717, 1.165) is 53.4 Å². The fourth-order valence-corrected chi connectivity index (χ4v) is 4.76. The van der Waals surface area contributed by atoms with Crippen LogP contribution in [0.4, 0.5) is 11.6 Å². The standard InChI is InChI=1S/C23H26N6O/c1-25-22-18-8-9-29(23(18)27-13-26-22)17-11-16(20(30)12-17)5-3-14-2-4-15-6-7-21(24)28-19(15)10-14/h2,4,6-10,13,16-17,20,30H,3,5,11-12H2,1H3,(H2,24,28)(H,25,26,27)/t16-,17+,20-/m0/s1. The summed E-state index contributed by atoms with van der Waals surface area (Å²) in [7, 11) is 1.87. The molecule has 154 valence electrons. The van der Waals surface area contributed by atoms with Crippen LogP contribution in [0.2, 0.25) is 0 Å². The zero-order chi connectivity index (χ0) is 20.7. The first kappa shape index (κ1) is 18.8. The first-order valence-corrected chi connectivity index (χ1v) is 10.4. The fourth-order valence-electron chi connectivity index (χ4n) is 4.76. The molecule has 0 bridgehead atoms. The van der Waals surface area contributed by atoms with Crippen molar-refractivity contribution in [2.24, 2.45) is 5.92 Å². The zero-order valence-corrected chi connectivity index (χ0v) is 17.0. The van der Waals surface area contributed by atoms with Crippen molar-refractivity contribution in [3.63, 3.8) is 0 Å². The molecule has 7 heteroatoms. The molecule has 4 N–H and O–H groups in total. The van der Waals surface area contributed by atoms with Crippen LogP contribution < -0.4 is 11.1 Å². The van der Waals surface area contributed by atoms with Gasteiger partial charge in [0, 0.05) is 24.7 Å². The van der Waals surface area contributed by atoms with E-state index in [-0.39, 0.29) is 18.1 Å². The van der Waals surface area contributed by atoms with Gasteiger partial charge in [-0.05, 0) is 61.4 Å². The van der Waals surface area contributed by atoms with Crippen LogP contribution in [0.15, 0.2) is 48.9 Å². The lowest BCUT2D eigenvalue weighted by molar-refractivity contribution is 0.127. The minimum Gasteiger partial charge on any atom is -0.393 e. The van der Waals surface area contributed by atoms with Crippen molar-refractivity contribution in [2.45, 2.75) is 37.8 Å². The first-order chi connectivity index (χ1) is 14.6. The molecule has 0 saturated heterocycles. The molecule has 4 aromatic rings. The summed E-state index contributed by atoms with van der Waals surface area (Å²) in [4.78, 5) is 13.2. The Bertz CT molecular complexity index is 1200. The van der Waals surface area contributed by atoms with E-state index >= 15 is 0 Å². The van der Waals surface area contributed by atoms with Gasteiger partial charge in [-0.25, -0.2) is 15.0 Å². The number of aryl methyl sites for hydroxylation is 1. The summed E-state index contributed by atoms with van der Waals surface area (Å²) in [6.07, 6.45) is 6.92. The highest BCUT2D eigenvalue weighted by Gasteiger charge is 2.34. The molecule has 3 aromatic heterocycles. The van der Waals surface area contributed by atoms with Crippen molar-refractivity contribution in [3.8, 4) is 0 Å². The van der Waals surface area contributed by atoms with Crippen LogP contribution in [0.5, 0.6) is 0 Å². The Morgan fingerprint density at radius 1 is 1.17 bits per heavy atom. The summed E-state index contributed by atoms with van der Waals surface area (Å²) in [5.74, 6) is 1.64. The highest BCUT2D eigenvalue weighted by Crippen LogP contribution is 2.39. The van der Waals surface area contributed by atoms with E-state index in [9.17, 15) is 5.11 Å². The van der Waals surface area contributed by atoms with E-state index in [4.69, 9.17) is 5.73 Å². The average molecular weight is 403 g/mol. The number of benzene rings is 1. The second kappa shape index (κ2) is 7.57. The van der Waals surface area contributed by atoms with Gasteiger partial charge in [0.1, 0.15) is 23.6 Å². The number of aliphatic hydroxyl groups is 1. The third-order valence-electron chi connectivity index (χ3n) is 6.35. The molecule has 5 rings (SSSR count). The SMILES string of the molecule is CNc1ncnc2c1ccn2[C@@H]1C[C@H](CCc2ccc3ccc(N)nc3c2)[C@@H](O)C1. The van der Waals surface area contributed by atoms with Crippen molar-refractivity contribution < 1.29 is 5.11 Å². The maximum Gasteiger partial charge on any atom is 0.145 e. The minimum atomic E-state index is -0.299. The van der Waals surface area contributed by atoms with Crippen LogP contribution in [0, 0.1) is 5.92 Å². The van der Waals surface area contributed by atoms with Gasteiger partial charge in [-0.15, -0.1) is 0 Å². The largest absolute Gasteiger partial charge is 0.393 e. The molecule has 3 heterocycles. The molecule has 0 unspecified atom stereocenters. The number of pyridine rings is 1. The van der Waals surface area contributed by atoms with Crippen molar-refractivity contribution in [1.29, 1.82) is 0 Å². The van der Waals surface area contributed by atoms with Crippen LogP contribution in [-0.2, 0) is 6.42 Å². The van der Waals surface area contributed by atoms with Crippen LogP contribution in [0.1, 0.15) is 30.9 Å². The number of aliphatic hydroxyl groups excluding tert-OH is 1. The number of nitrogens with zero attached hydrogens (tertiary/aromatic N) is 4. The van der Waals surface area contributed by atoms with Crippen LogP contribution >= 0.6 is 0 Å². The Hall–Kier alpha value is -3.19. The number of fused-ring (bicyclic) bond motifs is 2. The molecule has 3 atom stereocenters. The lowest BCUT2D eigenvalue weighted by Gasteiger charge is -2.15. The van der Waals surface area contributed by atoms with E-state index < -0.39 is 0 Å². The molecular formula is C23H26N6O. The summed E-state index contributed by atoms with van der Waals surface area (Å²) in [5.41, 5.74) is 8.90. The first-order valence-electron chi connectivity index (χ1n) is 10.4.